The molecule has 0 spiro atoms. The molecule has 1 aliphatic carbocycles. The highest BCUT2D eigenvalue weighted by atomic mass is 16.3. The second kappa shape index (κ2) is 6.37. The lowest BCUT2D eigenvalue weighted by molar-refractivity contribution is 0.141. The predicted octanol–water partition coefficient (Wildman–Crippen LogP) is 2.95. The molecule has 2 atom stereocenters. The van der Waals surface area contributed by atoms with Crippen LogP contribution in [0.4, 0.5) is 0 Å². The van der Waals surface area contributed by atoms with Crippen LogP contribution >= 0.6 is 0 Å². The first kappa shape index (κ1) is 13.6. The molecule has 102 valence electrons. The smallest absolute Gasteiger partial charge is 0.0624 e. The molecule has 0 bridgehead atoms. The normalized spacial score (nSPS) is 25.1. The van der Waals surface area contributed by atoms with Gasteiger partial charge in [-0.3, -0.25) is 4.68 Å². The van der Waals surface area contributed by atoms with Crippen molar-refractivity contribution in [1.82, 2.24) is 9.78 Å². The Morgan fingerprint density at radius 3 is 2.83 bits per heavy atom. The molecule has 0 aliphatic heterocycles. The first-order valence-electron chi connectivity index (χ1n) is 7.46. The molecule has 3 nitrogen and oxygen atoms in total. The van der Waals surface area contributed by atoms with Crippen molar-refractivity contribution >= 4 is 0 Å². The van der Waals surface area contributed by atoms with Gasteiger partial charge in [-0.05, 0) is 51.0 Å². The molecular weight excluding hydrogens is 224 g/mol. The van der Waals surface area contributed by atoms with Gasteiger partial charge in [0.2, 0.25) is 0 Å². The van der Waals surface area contributed by atoms with Crippen LogP contribution in [0.3, 0.4) is 0 Å². The minimum atomic E-state index is -0.0823. The monoisotopic (exact) mass is 250 g/mol. The Bertz CT molecular complexity index is 373. The summed E-state index contributed by atoms with van der Waals surface area (Å²) in [5, 5.41) is 14.5. The molecule has 1 fully saturated rings. The zero-order valence-electron chi connectivity index (χ0n) is 11.7. The van der Waals surface area contributed by atoms with Crippen molar-refractivity contribution in [2.45, 2.75) is 71.4 Å². The Morgan fingerprint density at radius 1 is 1.33 bits per heavy atom. The first-order chi connectivity index (χ1) is 8.72. The van der Waals surface area contributed by atoms with Crippen LogP contribution in [0.25, 0.3) is 0 Å². The van der Waals surface area contributed by atoms with E-state index in [1.54, 1.807) is 0 Å². The molecule has 1 aromatic heterocycles. The maximum Gasteiger partial charge on any atom is 0.0624 e. The van der Waals surface area contributed by atoms with Crippen LogP contribution in [0.2, 0.25) is 0 Å². The van der Waals surface area contributed by atoms with Crippen molar-refractivity contribution in [3.05, 3.63) is 17.5 Å². The zero-order valence-corrected chi connectivity index (χ0v) is 11.7. The lowest BCUT2D eigenvalue weighted by Crippen LogP contribution is -2.14. The minimum absolute atomic E-state index is 0.0823. The van der Waals surface area contributed by atoms with Crippen LogP contribution in [-0.2, 0) is 19.4 Å². The summed E-state index contributed by atoms with van der Waals surface area (Å²) in [6, 6.07) is 2.25. The van der Waals surface area contributed by atoms with E-state index in [-0.39, 0.29) is 6.10 Å². The van der Waals surface area contributed by atoms with Crippen molar-refractivity contribution in [3.8, 4) is 0 Å². The maximum atomic E-state index is 9.89. The predicted molar refractivity (Wildman–Crippen MR) is 73.6 cm³/mol. The van der Waals surface area contributed by atoms with Crippen molar-refractivity contribution in [1.29, 1.82) is 0 Å². The van der Waals surface area contributed by atoms with E-state index in [1.165, 1.54) is 30.7 Å². The van der Waals surface area contributed by atoms with Crippen LogP contribution in [0.15, 0.2) is 6.07 Å². The molecule has 3 heteroatoms. The summed E-state index contributed by atoms with van der Waals surface area (Å²) >= 11 is 0. The Hall–Kier alpha value is -0.830. The van der Waals surface area contributed by atoms with Crippen molar-refractivity contribution in [2.24, 2.45) is 5.92 Å². The largest absolute Gasteiger partial charge is 0.393 e. The molecule has 1 aliphatic rings. The van der Waals surface area contributed by atoms with Crippen LogP contribution in [0, 0.1) is 5.92 Å². The molecule has 2 rings (SSSR count). The number of rotatable bonds is 4. The summed E-state index contributed by atoms with van der Waals surface area (Å²) in [5.74, 6) is 0.634. The second-order valence-electron chi connectivity index (χ2n) is 5.54. The van der Waals surface area contributed by atoms with Gasteiger partial charge in [0.25, 0.3) is 0 Å². The fourth-order valence-electron chi connectivity index (χ4n) is 3.04. The fraction of sp³-hybridized carbons (Fsp3) is 0.800. The number of nitrogens with zero attached hydrogens (tertiary/aromatic N) is 2. The number of hydrogen-bond acceptors (Lipinski definition) is 2. The van der Waals surface area contributed by atoms with Crippen molar-refractivity contribution < 1.29 is 5.11 Å². The Labute approximate surface area is 110 Å². The number of hydrogen-bond donors (Lipinski definition) is 1. The van der Waals surface area contributed by atoms with Gasteiger partial charge in [-0.1, -0.05) is 19.8 Å². The van der Waals surface area contributed by atoms with Gasteiger partial charge in [0.1, 0.15) is 0 Å². The third-order valence-electron chi connectivity index (χ3n) is 4.08. The van der Waals surface area contributed by atoms with Crippen molar-refractivity contribution in [3.63, 3.8) is 0 Å². The lowest BCUT2D eigenvalue weighted by Gasteiger charge is -2.16. The van der Waals surface area contributed by atoms with Gasteiger partial charge in [0.05, 0.1) is 11.8 Å². The summed E-state index contributed by atoms with van der Waals surface area (Å²) in [6.07, 6.45) is 7.67. The van der Waals surface area contributed by atoms with E-state index in [0.717, 1.165) is 32.2 Å². The van der Waals surface area contributed by atoms with E-state index in [1.807, 2.05) is 0 Å². The SMILES string of the molecule is CCc1cc(CC2CCCCC(O)C2)n(CC)n1. The third-order valence-corrected chi connectivity index (χ3v) is 4.08. The maximum absolute atomic E-state index is 9.89. The average molecular weight is 250 g/mol. The van der Waals surface area contributed by atoms with E-state index in [2.05, 4.69) is 29.7 Å². The standard InChI is InChI=1S/C15H26N2O/c1-3-13-11-14(17(4-2)16-13)9-12-7-5-6-8-15(18)10-12/h11-12,15,18H,3-10H2,1-2H3. The summed E-state index contributed by atoms with van der Waals surface area (Å²) in [5.41, 5.74) is 2.55. The van der Waals surface area contributed by atoms with Gasteiger partial charge in [-0.15, -0.1) is 0 Å². The Morgan fingerprint density at radius 2 is 2.11 bits per heavy atom. The minimum Gasteiger partial charge on any atom is -0.393 e. The highest BCUT2D eigenvalue weighted by Crippen LogP contribution is 2.26. The highest BCUT2D eigenvalue weighted by Gasteiger charge is 2.20. The molecule has 0 aromatic carbocycles. The number of aliphatic hydroxyl groups is 1. The van der Waals surface area contributed by atoms with Gasteiger partial charge in [-0.2, -0.15) is 5.10 Å². The van der Waals surface area contributed by atoms with Gasteiger partial charge in [-0.25, -0.2) is 0 Å². The van der Waals surface area contributed by atoms with E-state index in [9.17, 15) is 5.11 Å². The van der Waals surface area contributed by atoms with Crippen LogP contribution in [0.5, 0.6) is 0 Å². The van der Waals surface area contributed by atoms with Crippen LogP contribution in [-0.4, -0.2) is 21.0 Å². The van der Waals surface area contributed by atoms with Gasteiger partial charge >= 0.3 is 0 Å². The molecule has 1 N–H and O–H groups in total. The average Bonchev–Trinajstić information content (AvgIpc) is 2.64. The molecule has 1 aromatic rings. The van der Waals surface area contributed by atoms with Crippen LogP contribution in [0.1, 0.15) is 57.3 Å². The van der Waals surface area contributed by atoms with E-state index in [4.69, 9.17) is 0 Å². The van der Waals surface area contributed by atoms with E-state index >= 15 is 0 Å². The number of aryl methyl sites for hydroxylation is 2. The molecule has 18 heavy (non-hydrogen) atoms. The van der Waals surface area contributed by atoms with Gasteiger partial charge in [0, 0.05) is 12.2 Å². The summed E-state index contributed by atoms with van der Waals surface area (Å²) in [6.45, 7) is 5.25. The summed E-state index contributed by atoms with van der Waals surface area (Å²) in [4.78, 5) is 0. The number of aromatic nitrogens is 2. The number of aliphatic hydroxyl groups excluding tert-OH is 1. The molecule has 0 radical (unpaired) electrons. The zero-order chi connectivity index (χ0) is 13.0. The first-order valence-corrected chi connectivity index (χ1v) is 7.46. The molecule has 0 saturated heterocycles. The van der Waals surface area contributed by atoms with E-state index < -0.39 is 0 Å². The molecule has 2 unspecified atom stereocenters. The van der Waals surface area contributed by atoms with E-state index in [0.29, 0.717) is 5.92 Å². The van der Waals surface area contributed by atoms with Gasteiger partial charge < -0.3 is 5.11 Å². The molecule has 0 amide bonds. The Kier molecular flexibility index (Phi) is 4.81. The highest BCUT2D eigenvalue weighted by molar-refractivity contribution is 5.11. The fourth-order valence-corrected chi connectivity index (χ4v) is 3.04. The second-order valence-corrected chi connectivity index (χ2v) is 5.54. The summed E-state index contributed by atoms with van der Waals surface area (Å²) in [7, 11) is 0. The molecular formula is C15H26N2O. The molecule has 1 heterocycles. The van der Waals surface area contributed by atoms with Gasteiger partial charge in [0.15, 0.2) is 0 Å². The summed E-state index contributed by atoms with van der Waals surface area (Å²) < 4.78 is 2.14. The quantitative estimate of drug-likeness (QED) is 0.834. The topological polar surface area (TPSA) is 38.0 Å². The Balaban J connectivity index is 2.04. The third kappa shape index (κ3) is 3.35. The van der Waals surface area contributed by atoms with Crippen LogP contribution < -0.4 is 0 Å². The van der Waals surface area contributed by atoms with Crippen molar-refractivity contribution in [2.75, 3.05) is 0 Å². The molecule has 1 saturated carbocycles. The lowest BCUT2D eigenvalue weighted by atomic mass is 9.94.